The molecule has 5 N–H and O–H groups in total. The molecule has 0 aromatic rings. The van der Waals surface area contributed by atoms with Crippen LogP contribution in [0.5, 0.6) is 0 Å². The first kappa shape index (κ1) is 54.0. The minimum atomic E-state index is -4.87. The predicted octanol–water partition coefficient (Wildman–Crippen LogP) is 8.72. The number of hydrogen-bond acceptors (Lipinski definition) is 11. The summed E-state index contributed by atoms with van der Waals surface area (Å²) in [6, 6.07) is 0. The van der Waals surface area contributed by atoms with Crippen molar-refractivity contribution < 1.29 is 66.7 Å². The van der Waals surface area contributed by atoms with Crippen LogP contribution in [0.4, 0.5) is 0 Å². The third kappa shape index (κ3) is 38.9. The van der Waals surface area contributed by atoms with E-state index in [-0.39, 0.29) is 12.8 Å². The number of allylic oxidation sites excluding steroid dienone is 7. The van der Waals surface area contributed by atoms with Crippen LogP contribution in [0.1, 0.15) is 143 Å². The maximum atomic E-state index is 12.6. The van der Waals surface area contributed by atoms with Crippen molar-refractivity contribution in [2.24, 2.45) is 5.92 Å². The Bertz CT molecular complexity index is 1210. The Kier molecular flexibility index (Phi) is 33.8. The van der Waals surface area contributed by atoms with Crippen LogP contribution in [0, 0.1) is 5.92 Å². The lowest BCUT2D eigenvalue weighted by Crippen LogP contribution is -2.29. The van der Waals surface area contributed by atoms with Crippen molar-refractivity contribution in [3.8, 4) is 0 Å². The van der Waals surface area contributed by atoms with E-state index < -0.39 is 72.3 Å². The van der Waals surface area contributed by atoms with Gasteiger partial charge in [0, 0.05) is 12.8 Å². The molecular formula is C40H72O14P2. The Hall–Kier alpha value is -1.96. The van der Waals surface area contributed by atoms with Crippen LogP contribution < -0.4 is 0 Å². The number of carbonyl (C=O) groups is 2. The summed E-state index contributed by atoms with van der Waals surface area (Å²) in [6.45, 7) is 3.79. The average Bonchev–Trinajstić information content (AvgIpc) is 3.13. The Morgan fingerprint density at radius 1 is 0.625 bits per heavy atom. The number of aliphatic hydroxyl groups is 2. The molecule has 0 radical (unpaired) electrons. The van der Waals surface area contributed by atoms with E-state index in [4.69, 9.17) is 23.8 Å². The minimum Gasteiger partial charge on any atom is -0.462 e. The van der Waals surface area contributed by atoms with Crippen LogP contribution in [0.3, 0.4) is 0 Å². The van der Waals surface area contributed by atoms with Crippen molar-refractivity contribution >= 4 is 27.6 Å². The average molecular weight is 839 g/mol. The van der Waals surface area contributed by atoms with E-state index in [1.54, 1.807) is 6.08 Å². The van der Waals surface area contributed by atoms with E-state index in [2.05, 4.69) is 29.8 Å². The zero-order valence-electron chi connectivity index (χ0n) is 34.0. The lowest BCUT2D eigenvalue weighted by Gasteiger charge is -2.20. The van der Waals surface area contributed by atoms with Crippen molar-refractivity contribution in [1.29, 1.82) is 0 Å². The number of phosphoric ester groups is 2. The van der Waals surface area contributed by atoms with E-state index in [1.165, 1.54) is 32.1 Å². The van der Waals surface area contributed by atoms with Gasteiger partial charge in [-0.15, -0.1) is 0 Å². The van der Waals surface area contributed by atoms with Gasteiger partial charge in [-0.05, 0) is 44.4 Å². The number of phosphoric acid groups is 2. The van der Waals surface area contributed by atoms with Gasteiger partial charge in [-0.3, -0.25) is 23.2 Å². The molecule has 0 spiro atoms. The van der Waals surface area contributed by atoms with Gasteiger partial charge < -0.3 is 34.4 Å². The highest BCUT2D eigenvalue weighted by Gasteiger charge is 2.28. The van der Waals surface area contributed by atoms with Crippen LogP contribution in [0.15, 0.2) is 48.6 Å². The van der Waals surface area contributed by atoms with Gasteiger partial charge in [0.05, 0.1) is 25.9 Å². The molecule has 1 unspecified atom stereocenters. The summed E-state index contributed by atoms with van der Waals surface area (Å²) in [7, 11) is -9.70. The highest BCUT2D eigenvalue weighted by molar-refractivity contribution is 7.47. The molecule has 0 bridgehead atoms. The molecule has 0 fully saturated rings. The number of ether oxygens (including phenoxy) is 2. The smallest absolute Gasteiger partial charge is 0.462 e. The SMILES string of the molecule is CCCCC[C@H](O)/C=C/C=C\C/C=C\C/C=C\CCCC(=O)O[C@H](COC(=O)CCCCCCCCCCC(C)C)COP(=O)(O)OC[C@@H](O)COP(=O)(O)O. The molecule has 0 aromatic carbocycles. The molecular weight excluding hydrogens is 766 g/mol. The third-order valence-corrected chi connectivity index (χ3v) is 9.68. The van der Waals surface area contributed by atoms with Crippen molar-refractivity contribution in [3.63, 3.8) is 0 Å². The molecule has 0 rings (SSSR count). The first-order valence-electron chi connectivity index (χ1n) is 20.3. The van der Waals surface area contributed by atoms with Crippen molar-refractivity contribution in [2.75, 3.05) is 26.4 Å². The monoisotopic (exact) mass is 838 g/mol. The third-order valence-electron chi connectivity index (χ3n) is 8.24. The molecule has 326 valence electrons. The van der Waals surface area contributed by atoms with E-state index in [9.17, 15) is 33.8 Å². The molecule has 0 aliphatic carbocycles. The van der Waals surface area contributed by atoms with Crippen LogP contribution in [-0.4, -0.2) is 81.6 Å². The van der Waals surface area contributed by atoms with Gasteiger partial charge in [0.2, 0.25) is 0 Å². The molecule has 56 heavy (non-hydrogen) atoms. The van der Waals surface area contributed by atoms with Gasteiger partial charge in [0.15, 0.2) is 6.10 Å². The van der Waals surface area contributed by atoms with Gasteiger partial charge in [0.1, 0.15) is 12.7 Å². The number of unbranched alkanes of at least 4 members (excludes halogenated alkanes) is 10. The van der Waals surface area contributed by atoms with Gasteiger partial charge in [-0.2, -0.15) is 0 Å². The molecule has 0 aliphatic rings. The zero-order valence-corrected chi connectivity index (χ0v) is 35.8. The van der Waals surface area contributed by atoms with Crippen LogP contribution in [-0.2, 0) is 41.8 Å². The van der Waals surface area contributed by atoms with Gasteiger partial charge in [-0.1, -0.05) is 140 Å². The van der Waals surface area contributed by atoms with Crippen molar-refractivity contribution in [3.05, 3.63) is 48.6 Å². The Labute approximate surface area is 335 Å². The summed E-state index contributed by atoms with van der Waals surface area (Å²) in [5, 5.41) is 19.6. The number of carbonyl (C=O) groups excluding carboxylic acids is 2. The fourth-order valence-corrected chi connectivity index (χ4v) is 6.26. The predicted molar refractivity (Wildman–Crippen MR) is 217 cm³/mol. The summed E-state index contributed by atoms with van der Waals surface area (Å²) >= 11 is 0. The molecule has 0 heterocycles. The van der Waals surface area contributed by atoms with Crippen molar-refractivity contribution in [2.45, 2.75) is 161 Å². The Morgan fingerprint density at radius 2 is 1.20 bits per heavy atom. The minimum absolute atomic E-state index is 0.0347. The highest BCUT2D eigenvalue weighted by Crippen LogP contribution is 2.43. The lowest BCUT2D eigenvalue weighted by molar-refractivity contribution is -0.161. The lowest BCUT2D eigenvalue weighted by atomic mass is 10.0. The fraction of sp³-hybridized carbons (Fsp3) is 0.750. The van der Waals surface area contributed by atoms with E-state index in [0.717, 1.165) is 63.7 Å². The molecule has 14 nitrogen and oxygen atoms in total. The number of aliphatic hydroxyl groups excluding tert-OH is 2. The molecule has 0 aliphatic heterocycles. The summed E-state index contributed by atoms with van der Waals surface area (Å²) in [5.74, 6) is -0.393. The zero-order chi connectivity index (χ0) is 41.9. The van der Waals surface area contributed by atoms with Crippen molar-refractivity contribution in [1.82, 2.24) is 0 Å². The standard InChI is InChI=1S/C40H72O14P2/c1-4-5-21-27-36(41)28-23-18-14-9-7-6-8-10-16-20-25-30-40(44)54-38(34-53-56(48,49)52-32-37(42)31-51-55(45,46)47)33-50-39(43)29-24-19-15-12-11-13-17-22-26-35(2)3/h6-7,10,14,16,18,23,28,35-38,41-42H,4-5,8-9,11-13,15,17,19-22,24-27,29-34H2,1-3H3,(H,48,49)(H2,45,46,47)/b7-6-,16-10-,18-14-,28-23+/t36-,37-,38+/m0/s1. The summed E-state index contributed by atoms with van der Waals surface area (Å²) in [4.78, 5) is 52.5. The van der Waals surface area contributed by atoms with E-state index in [1.807, 2.05) is 42.5 Å². The second-order valence-electron chi connectivity index (χ2n) is 14.2. The molecule has 16 heteroatoms. The largest absolute Gasteiger partial charge is 0.472 e. The Morgan fingerprint density at radius 3 is 1.86 bits per heavy atom. The van der Waals surface area contributed by atoms with Gasteiger partial charge >= 0.3 is 27.6 Å². The van der Waals surface area contributed by atoms with Crippen LogP contribution in [0.25, 0.3) is 0 Å². The number of rotatable bonds is 37. The van der Waals surface area contributed by atoms with Gasteiger partial charge in [-0.25, -0.2) is 9.13 Å². The molecule has 0 amide bonds. The normalized spacial score (nSPS) is 15.3. The first-order chi connectivity index (χ1) is 26.6. The first-order valence-corrected chi connectivity index (χ1v) is 23.3. The maximum Gasteiger partial charge on any atom is 0.472 e. The summed E-state index contributed by atoms with van der Waals surface area (Å²) in [5.41, 5.74) is 0. The summed E-state index contributed by atoms with van der Waals surface area (Å²) < 4.78 is 47.5. The summed E-state index contributed by atoms with van der Waals surface area (Å²) in [6.07, 6.45) is 28.9. The number of hydrogen-bond donors (Lipinski definition) is 5. The quantitative estimate of drug-likeness (QED) is 0.0130. The molecule has 0 saturated heterocycles. The number of esters is 2. The second kappa shape index (κ2) is 35.0. The second-order valence-corrected chi connectivity index (χ2v) is 16.9. The van der Waals surface area contributed by atoms with Crippen LogP contribution >= 0.6 is 15.6 Å². The fourth-order valence-electron chi connectivity index (χ4n) is 5.10. The topological polar surface area (TPSA) is 216 Å². The van der Waals surface area contributed by atoms with Crippen LogP contribution in [0.2, 0.25) is 0 Å². The van der Waals surface area contributed by atoms with Gasteiger partial charge in [0.25, 0.3) is 0 Å². The highest BCUT2D eigenvalue weighted by atomic mass is 31.2. The van der Waals surface area contributed by atoms with E-state index in [0.29, 0.717) is 19.3 Å². The molecule has 4 atom stereocenters. The Balaban J connectivity index is 4.70. The molecule has 0 aromatic heterocycles. The molecule has 0 saturated carbocycles. The maximum absolute atomic E-state index is 12.6. The van der Waals surface area contributed by atoms with E-state index >= 15 is 0 Å².